The van der Waals surface area contributed by atoms with Crippen molar-refractivity contribution in [3.05, 3.63) is 75.2 Å². The maximum absolute atomic E-state index is 11.3. The minimum Gasteiger partial charge on any atom is -0.473 e. The molecule has 1 unspecified atom stereocenters. The second-order valence-corrected chi connectivity index (χ2v) is 6.72. The van der Waals surface area contributed by atoms with Gasteiger partial charge >= 0.3 is 17.7 Å². The van der Waals surface area contributed by atoms with Crippen LogP contribution in [0.25, 0.3) is 5.53 Å². The summed E-state index contributed by atoms with van der Waals surface area (Å²) < 4.78 is 4.67. The van der Waals surface area contributed by atoms with Crippen molar-refractivity contribution in [1.82, 2.24) is 5.32 Å². The number of benzene rings is 2. The van der Waals surface area contributed by atoms with E-state index in [-0.39, 0.29) is 24.1 Å². The van der Waals surface area contributed by atoms with Crippen molar-refractivity contribution in [2.45, 2.75) is 18.9 Å². The number of methoxy groups -OCH3 is 1. The van der Waals surface area contributed by atoms with Gasteiger partial charge in [0.05, 0.1) is 13.5 Å². The van der Waals surface area contributed by atoms with Crippen molar-refractivity contribution in [1.29, 1.82) is 0 Å². The maximum atomic E-state index is 11.3. The maximum Gasteiger partial charge on any atom is 0.414 e. The molecular weight excluding hydrogens is 417 g/mol. The van der Waals surface area contributed by atoms with E-state index in [9.17, 15) is 9.59 Å². The van der Waals surface area contributed by atoms with E-state index >= 15 is 0 Å². The Labute approximate surface area is 178 Å². The van der Waals surface area contributed by atoms with Crippen LogP contribution in [0.2, 0.25) is 10.0 Å². The van der Waals surface area contributed by atoms with Crippen molar-refractivity contribution in [2.75, 3.05) is 14.2 Å². The van der Waals surface area contributed by atoms with Crippen LogP contribution < -0.4 is 5.32 Å². The molecule has 2 aromatic rings. The Kier molecular flexibility index (Phi) is 10.7. The van der Waals surface area contributed by atoms with E-state index in [0.717, 1.165) is 11.1 Å². The molecule has 2 aromatic carbocycles. The fourth-order valence-electron chi connectivity index (χ4n) is 2.25. The monoisotopic (exact) mass is 437 g/mol. The molecule has 2 rings (SSSR count). The highest BCUT2D eigenvalue weighted by atomic mass is 35.5. The summed E-state index contributed by atoms with van der Waals surface area (Å²) in [7, 11) is 3.12. The largest absolute Gasteiger partial charge is 0.473 e. The summed E-state index contributed by atoms with van der Waals surface area (Å²) >= 11 is 11.4. The van der Waals surface area contributed by atoms with Gasteiger partial charge in [0, 0.05) is 10.0 Å². The third kappa shape index (κ3) is 8.89. The molecule has 154 valence electrons. The molecular formula is C20H21Cl2N3O4. The number of carboxylic acid groups (broad SMARTS) is 1. The highest BCUT2D eigenvalue weighted by Crippen LogP contribution is 2.11. The molecule has 0 spiro atoms. The summed E-state index contributed by atoms with van der Waals surface area (Å²) in [6, 6.07) is 13.7. The molecule has 0 amide bonds. The summed E-state index contributed by atoms with van der Waals surface area (Å²) in [5, 5.41) is 12.7. The molecule has 2 N–H and O–H groups in total. The molecule has 0 radical (unpaired) electrons. The number of esters is 1. The lowest BCUT2D eigenvalue weighted by Gasteiger charge is -2.13. The lowest BCUT2D eigenvalue weighted by Crippen LogP contribution is -2.36. The molecule has 0 aromatic heterocycles. The van der Waals surface area contributed by atoms with Gasteiger partial charge in [0.2, 0.25) is 0 Å². The van der Waals surface area contributed by atoms with Gasteiger partial charge in [0.15, 0.2) is 0 Å². The van der Waals surface area contributed by atoms with Crippen LogP contribution in [0.3, 0.4) is 0 Å². The number of hydrogen-bond donors (Lipinski definition) is 2. The Morgan fingerprint density at radius 3 is 1.93 bits per heavy atom. The molecule has 0 aliphatic rings. The molecule has 0 saturated carbocycles. The minimum atomic E-state index is -1.23. The molecule has 0 aliphatic carbocycles. The Bertz CT molecular complexity index is 864. The summed E-state index contributed by atoms with van der Waals surface area (Å²) in [6.45, 7) is 0. The van der Waals surface area contributed by atoms with Crippen molar-refractivity contribution < 1.29 is 24.2 Å². The third-order valence-electron chi connectivity index (χ3n) is 3.84. The van der Waals surface area contributed by atoms with Gasteiger partial charge in [-0.05, 0) is 48.9 Å². The lowest BCUT2D eigenvalue weighted by molar-refractivity contribution is -0.143. The van der Waals surface area contributed by atoms with Gasteiger partial charge < -0.3 is 20.7 Å². The molecule has 0 saturated heterocycles. The number of carboxylic acids is 1. The molecule has 0 bridgehead atoms. The molecule has 0 fully saturated rings. The van der Waals surface area contributed by atoms with Gasteiger partial charge in [-0.25, -0.2) is 4.79 Å². The standard InChI is InChI=1S/C11H14ClNO2.C9H7ClN2O2/c1-13-10(11(14)15-2)7-8-3-5-9(12)6-4-8;10-7-3-1-6(2-4-7)5-8(12-11)9(13)14/h3-6,10,13H,7H2,1-2H3;1-4H,5H2,(H,13,14). The van der Waals surface area contributed by atoms with E-state index < -0.39 is 5.97 Å². The summed E-state index contributed by atoms with van der Waals surface area (Å²) in [6.07, 6.45) is 0.670. The molecule has 0 aliphatic heterocycles. The van der Waals surface area contributed by atoms with E-state index in [2.05, 4.69) is 14.8 Å². The Morgan fingerprint density at radius 2 is 1.55 bits per heavy atom. The molecule has 9 heteroatoms. The first kappa shape index (κ1) is 24.3. The Morgan fingerprint density at radius 1 is 1.07 bits per heavy atom. The predicted molar refractivity (Wildman–Crippen MR) is 111 cm³/mol. The number of ether oxygens (including phenoxy) is 1. The zero-order chi connectivity index (χ0) is 21.8. The van der Waals surface area contributed by atoms with E-state index in [4.69, 9.17) is 33.8 Å². The van der Waals surface area contributed by atoms with E-state index in [1.54, 1.807) is 43.4 Å². The minimum absolute atomic E-state index is 0.0724. The van der Waals surface area contributed by atoms with E-state index in [1.807, 2.05) is 12.1 Å². The highest BCUT2D eigenvalue weighted by Gasteiger charge is 2.18. The number of nitrogens with zero attached hydrogens (tertiary/aromatic N) is 2. The highest BCUT2D eigenvalue weighted by molar-refractivity contribution is 6.33. The van der Waals surface area contributed by atoms with Crippen LogP contribution in [-0.2, 0) is 27.2 Å². The van der Waals surface area contributed by atoms with Gasteiger partial charge in [0.1, 0.15) is 6.04 Å². The first-order valence-corrected chi connectivity index (χ1v) is 9.24. The second-order valence-electron chi connectivity index (χ2n) is 5.85. The number of carbonyl (C=O) groups is 2. The second kappa shape index (κ2) is 12.7. The van der Waals surface area contributed by atoms with Crippen LogP contribution in [-0.4, -0.2) is 47.7 Å². The first-order valence-electron chi connectivity index (χ1n) is 8.48. The number of nitrogens with one attached hydrogen (secondary N) is 1. The smallest absolute Gasteiger partial charge is 0.414 e. The lowest BCUT2D eigenvalue weighted by atomic mass is 10.1. The van der Waals surface area contributed by atoms with E-state index in [1.165, 1.54) is 7.11 Å². The summed E-state index contributed by atoms with van der Waals surface area (Å²) in [5.41, 5.74) is 9.87. The topological polar surface area (TPSA) is 112 Å². The first-order chi connectivity index (χ1) is 13.8. The van der Waals surface area contributed by atoms with Gasteiger partial charge in [0.25, 0.3) is 0 Å². The molecule has 0 heterocycles. The summed E-state index contributed by atoms with van der Waals surface area (Å²) in [5.74, 6) is -1.49. The van der Waals surface area contributed by atoms with Crippen LogP contribution in [0.15, 0.2) is 48.5 Å². The molecule has 7 nitrogen and oxygen atoms in total. The predicted octanol–water partition coefficient (Wildman–Crippen LogP) is 3.28. The molecule has 29 heavy (non-hydrogen) atoms. The fourth-order valence-corrected chi connectivity index (χ4v) is 2.50. The van der Waals surface area contributed by atoms with Crippen LogP contribution in [0.5, 0.6) is 0 Å². The Hall–Kier alpha value is -2.70. The van der Waals surface area contributed by atoms with E-state index in [0.29, 0.717) is 16.5 Å². The van der Waals surface area contributed by atoms with Crippen LogP contribution in [0.4, 0.5) is 0 Å². The number of hydrogen-bond acceptors (Lipinski definition) is 4. The van der Waals surface area contributed by atoms with Crippen molar-refractivity contribution in [2.24, 2.45) is 0 Å². The number of aliphatic carboxylic acids is 1. The van der Waals surface area contributed by atoms with Crippen molar-refractivity contribution in [3.63, 3.8) is 0 Å². The number of rotatable bonds is 7. The quantitative estimate of drug-likeness (QED) is 0.298. The Balaban J connectivity index is 0.000000291. The van der Waals surface area contributed by atoms with Gasteiger partial charge in [-0.1, -0.05) is 47.5 Å². The zero-order valence-corrected chi connectivity index (χ0v) is 17.4. The number of likely N-dealkylation sites (N-methyl/N-ethyl adjacent to an activating group) is 1. The average Bonchev–Trinajstić information content (AvgIpc) is 2.72. The number of halogens is 2. The average molecular weight is 438 g/mol. The number of carbonyl (C=O) groups excluding carboxylic acids is 1. The SMILES string of the molecule is CNC(Cc1ccc(Cl)cc1)C(=O)OC.[N-]=[N+]=C(Cc1ccc(Cl)cc1)C(=O)O. The van der Waals surface area contributed by atoms with Crippen LogP contribution in [0, 0.1) is 0 Å². The van der Waals surface area contributed by atoms with Gasteiger partial charge in [-0.15, -0.1) is 0 Å². The van der Waals surface area contributed by atoms with Crippen molar-refractivity contribution >= 4 is 40.9 Å². The molecule has 1 atom stereocenters. The van der Waals surface area contributed by atoms with Crippen LogP contribution in [0.1, 0.15) is 11.1 Å². The van der Waals surface area contributed by atoms with Crippen LogP contribution >= 0.6 is 23.2 Å². The normalized spacial score (nSPS) is 10.8. The van der Waals surface area contributed by atoms with Crippen molar-refractivity contribution in [3.8, 4) is 0 Å². The summed E-state index contributed by atoms with van der Waals surface area (Å²) in [4.78, 5) is 24.5. The fraction of sp³-hybridized carbons (Fsp3) is 0.250. The van der Waals surface area contributed by atoms with Gasteiger partial charge in [-0.3, -0.25) is 4.79 Å². The third-order valence-corrected chi connectivity index (χ3v) is 4.34. The zero-order valence-electron chi connectivity index (χ0n) is 15.9. The van der Waals surface area contributed by atoms with Gasteiger partial charge in [-0.2, -0.15) is 4.79 Å².